The normalized spacial score (nSPS) is 22.2. The van der Waals surface area contributed by atoms with Crippen LogP contribution < -0.4 is 4.90 Å². The van der Waals surface area contributed by atoms with Crippen LogP contribution in [0.4, 0.5) is 5.69 Å². The number of esters is 1. The lowest BCUT2D eigenvalue weighted by Crippen LogP contribution is -2.54. The molecule has 31 heavy (non-hydrogen) atoms. The number of fused-ring (bicyclic) bond motifs is 4. The molecule has 1 saturated heterocycles. The van der Waals surface area contributed by atoms with Gasteiger partial charge < -0.3 is 9.64 Å². The second-order valence-electron chi connectivity index (χ2n) is 7.62. The molecule has 0 aliphatic carbocycles. The highest BCUT2D eigenvalue weighted by Crippen LogP contribution is 2.54. The molecule has 1 unspecified atom stereocenters. The predicted octanol–water partition coefficient (Wildman–Crippen LogP) is 3.10. The zero-order chi connectivity index (χ0) is 21.8. The van der Waals surface area contributed by atoms with E-state index >= 15 is 0 Å². The Kier molecular flexibility index (Phi) is 4.71. The van der Waals surface area contributed by atoms with Crippen LogP contribution in [0.25, 0.3) is 0 Å². The number of hydrogen-bond acceptors (Lipinski definition) is 5. The van der Waals surface area contributed by atoms with Gasteiger partial charge in [-0.25, -0.2) is 9.80 Å². The van der Waals surface area contributed by atoms with Crippen molar-refractivity contribution in [3.8, 4) is 0 Å². The average molecular weight is 482 g/mol. The van der Waals surface area contributed by atoms with E-state index in [2.05, 4.69) is 15.9 Å². The molecule has 0 radical (unpaired) electrons. The van der Waals surface area contributed by atoms with Gasteiger partial charge >= 0.3 is 5.97 Å². The minimum Gasteiger partial charge on any atom is -0.463 e. The summed E-state index contributed by atoms with van der Waals surface area (Å²) >= 11 is 3.51. The Balaban J connectivity index is 1.71. The second kappa shape index (κ2) is 7.32. The van der Waals surface area contributed by atoms with Crippen LogP contribution >= 0.6 is 15.9 Å². The molecular formula is C23H20BrN3O4. The van der Waals surface area contributed by atoms with Gasteiger partial charge in [0, 0.05) is 29.2 Å². The monoisotopic (exact) mass is 481 g/mol. The maximum Gasteiger partial charge on any atom is 0.338 e. The third-order valence-corrected chi connectivity index (χ3v) is 6.45. The highest BCUT2D eigenvalue weighted by atomic mass is 79.9. The van der Waals surface area contributed by atoms with E-state index in [9.17, 15) is 14.4 Å². The van der Waals surface area contributed by atoms with Gasteiger partial charge in [-0.05, 0) is 30.7 Å². The van der Waals surface area contributed by atoms with E-state index in [1.807, 2.05) is 48.5 Å². The lowest BCUT2D eigenvalue weighted by atomic mass is 9.84. The number of ether oxygens (including phenoxy) is 1. The first-order chi connectivity index (χ1) is 15.0. The number of halogens is 1. The summed E-state index contributed by atoms with van der Waals surface area (Å²) in [5.41, 5.74) is 1.10. The topological polar surface area (TPSA) is 70.2 Å². The van der Waals surface area contributed by atoms with E-state index in [1.165, 1.54) is 11.2 Å². The summed E-state index contributed by atoms with van der Waals surface area (Å²) in [4.78, 5) is 41.4. The van der Waals surface area contributed by atoms with E-state index in [0.29, 0.717) is 24.3 Å². The summed E-state index contributed by atoms with van der Waals surface area (Å²) in [7, 11) is 0. The zero-order valence-corrected chi connectivity index (χ0v) is 18.5. The van der Waals surface area contributed by atoms with Crippen LogP contribution in [-0.2, 0) is 31.2 Å². The number of benzene rings is 2. The van der Waals surface area contributed by atoms with Crippen LogP contribution in [0.15, 0.2) is 64.8 Å². The molecule has 2 amide bonds. The van der Waals surface area contributed by atoms with Gasteiger partial charge in [-0.15, -0.1) is 0 Å². The average Bonchev–Trinajstić information content (AvgIpc) is 3.37. The molecule has 0 N–H and O–H groups in total. The fraction of sp³-hybridized carbons (Fsp3) is 0.261. The van der Waals surface area contributed by atoms with Crippen molar-refractivity contribution in [2.45, 2.75) is 25.4 Å². The summed E-state index contributed by atoms with van der Waals surface area (Å²) < 4.78 is 6.09. The molecular weight excluding hydrogens is 462 g/mol. The van der Waals surface area contributed by atoms with E-state index in [1.54, 1.807) is 16.8 Å². The van der Waals surface area contributed by atoms with Gasteiger partial charge in [0.05, 0.1) is 24.4 Å². The Morgan fingerprint density at radius 2 is 1.94 bits per heavy atom. The summed E-state index contributed by atoms with van der Waals surface area (Å²) in [6.07, 6.45) is 1.76. The smallest absolute Gasteiger partial charge is 0.338 e. The quantitative estimate of drug-likeness (QED) is 0.627. The molecule has 3 aliphatic rings. The third-order valence-electron chi connectivity index (χ3n) is 5.95. The van der Waals surface area contributed by atoms with Gasteiger partial charge in [0.25, 0.3) is 5.91 Å². The van der Waals surface area contributed by atoms with Crippen molar-refractivity contribution >= 4 is 39.4 Å². The van der Waals surface area contributed by atoms with Crippen molar-refractivity contribution in [3.05, 3.63) is 75.9 Å². The number of anilines is 1. The molecule has 0 bridgehead atoms. The summed E-state index contributed by atoms with van der Waals surface area (Å²) in [6, 6.07) is 15.3. The highest BCUT2D eigenvalue weighted by molar-refractivity contribution is 9.10. The van der Waals surface area contributed by atoms with Crippen LogP contribution in [0, 0.1) is 0 Å². The number of nitrogens with zero attached hydrogens (tertiary/aromatic N) is 3. The first kappa shape index (κ1) is 20.0. The summed E-state index contributed by atoms with van der Waals surface area (Å²) in [5, 5.41) is 3.11. The lowest BCUT2D eigenvalue weighted by Gasteiger charge is -2.35. The van der Waals surface area contributed by atoms with E-state index in [0.717, 1.165) is 10.0 Å². The molecule has 2 aromatic carbocycles. The SMILES string of the molecule is CCOC(=O)C1=CN2C(=O)CCN2C12C(=O)N(Cc1ccccc1)c1ccc(Br)cc12. The molecule has 5 rings (SSSR count). The first-order valence-electron chi connectivity index (χ1n) is 10.1. The van der Waals surface area contributed by atoms with Gasteiger partial charge in [-0.3, -0.25) is 9.59 Å². The van der Waals surface area contributed by atoms with Gasteiger partial charge in [0.2, 0.25) is 5.91 Å². The van der Waals surface area contributed by atoms with Crippen molar-refractivity contribution < 1.29 is 19.1 Å². The van der Waals surface area contributed by atoms with Crippen molar-refractivity contribution in [3.63, 3.8) is 0 Å². The second-order valence-corrected chi connectivity index (χ2v) is 8.54. The summed E-state index contributed by atoms with van der Waals surface area (Å²) in [6.45, 7) is 2.59. The minimum atomic E-state index is -1.42. The van der Waals surface area contributed by atoms with Gasteiger partial charge in [-0.1, -0.05) is 46.3 Å². The molecule has 1 atom stereocenters. The van der Waals surface area contributed by atoms with Crippen LogP contribution in [0.3, 0.4) is 0 Å². The number of hydrogen-bond donors (Lipinski definition) is 0. The minimum absolute atomic E-state index is 0.149. The Morgan fingerprint density at radius 3 is 2.68 bits per heavy atom. The molecule has 8 heteroatoms. The maximum absolute atomic E-state index is 14.2. The molecule has 2 aromatic rings. The molecule has 0 aromatic heterocycles. The van der Waals surface area contributed by atoms with E-state index in [4.69, 9.17) is 4.74 Å². The van der Waals surface area contributed by atoms with Crippen LogP contribution in [0.5, 0.6) is 0 Å². The van der Waals surface area contributed by atoms with Gasteiger partial charge in [0.15, 0.2) is 5.54 Å². The number of amides is 2. The first-order valence-corrected chi connectivity index (χ1v) is 10.9. The Hall–Kier alpha value is -2.97. The lowest BCUT2D eigenvalue weighted by molar-refractivity contribution is -0.147. The fourth-order valence-electron chi connectivity index (χ4n) is 4.68. The molecule has 3 aliphatic heterocycles. The zero-order valence-electron chi connectivity index (χ0n) is 16.9. The van der Waals surface area contributed by atoms with Gasteiger partial charge in [-0.2, -0.15) is 5.01 Å². The van der Waals surface area contributed by atoms with Crippen LogP contribution in [0.2, 0.25) is 0 Å². The Labute approximate surface area is 188 Å². The Morgan fingerprint density at radius 1 is 1.16 bits per heavy atom. The Bertz CT molecular complexity index is 1130. The number of hydrazine groups is 1. The summed E-state index contributed by atoms with van der Waals surface area (Å²) in [5.74, 6) is -1.00. The molecule has 1 fully saturated rings. The molecule has 158 valence electrons. The molecule has 7 nitrogen and oxygen atoms in total. The van der Waals surface area contributed by atoms with Crippen LogP contribution in [0.1, 0.15) is 24.5 Å². The molecule has 1 spiro atoms. The molecule has 3 heterocycles. The fourth-order valence-corrected chi connectivity index (χ4v) is 5.04. The maximum atomic E-state index is 14.2. The standard InChI is InChI=1S/C23H20BrN3O4/c1-2-31-21(29)18-14-26-20(28)10-11-27(26)23(18)17-12-16(24)8-9-19(17)25(22(23)30)13-15-6-4-3-5-7-15/h3-9,12,14H,2,10-11,13H2,1H3. The van der Waals surface area contributed by atoms with Crippen molar-refractivity contribution in [1.29, 1.82) is 0 Å². The largest absolute Gasteiger partial charge is 0.463 e. The van der Waals surface area contributed by atoms with Gasteiger partial charge in [0.1, 0.15) is 0 Å². The van der Waals surface area contributed by atoms with Crippen molar-refractivity contribution in [1.82, 2.24) is 10.0 Å². The van der Waals surface area contributed by atoms with Crippen molar-refractivity contribution in [2.75, 3.05) is 18.1 Å². The molecule has 0 saturated carbocycles. The highest BCUT2D eigenvalue weighted by Gasteiger charge is 2.65. The van der Waals surface area contributed by atoms with Crippen molar-refractivity contribution in [2.24, 2.45) is 0 Å². The number of rotatable bonds is 4. The predicted molar refractivity (Wildman–Crippen MR) is 116 cm³/mol. The van der Waals surface area contributed by atoms with E-state index < -0.39 is 11.5 Å². The number of carbonyl (C=O) groups is 3. The van der Waals surface area contributed by atoms with E-state index in [-0.39, 0.29) is 30.4 Å². The third kappa shape index (κ3) is 2.78. The van der Waals surface area contributed by atoms with Crippen LogP contribution in [-0.4, -0.2) is 41.0 Å². The number of carbonyl (C=O) groups excluding carboxylic acids is 3.